The third kappa shape index (κ3) is 4.18. The van der Waals surface area contributed by atoms with Gasteiger partial charge in [-0.2, -0.15) is 0 Å². The lowest BCUT2D eigenvalue weighted by Crippen LogP contribution is -2.43. The van der Waals surface area contributed by atoms with Crippen molar-refractivity contribution in [3.8, 4) is 17.2 Å². The lowest BCUT2D eigenvalue weighted by Gasteiger charge is -2.38. The number of nitrogens with zero attached hydrogens (tertiary/aromatic N) is 1. The van der Waals surface area contributed by atoms with E-state index in [2.05, 4.69) is 5.32 Å². The van der Waals surface area contributed by atoms with Crippen LogP contribution in [0.4, 0.5) is 10.5 Å². The number of hydrogen-bond acceptors (Lipinski definition) is 4. The van der Waals surface area contributed by atoms with Gasteiger partial charge in [0.05, 0.1) is 27.4 Å². The number of carbonyl (C=O) groups excluding carboxylic acids is 1. The third-order valence-electron chi connectivity index (χ3n) is 5.68. The number of fused-ring (bicyclic) bond motifs is 1. The highest BCUT2D eigenvalue weighted by molar-refractivity contribution is 6.31. The first-order chi connectivity index (χ1) is 15.5. The molecule has 4 rings (SSSR count). The average molecular weight is 453 g/mol. The zero-order valence-corrected chi connectivity index (χ0v) is 19.0. The fourth-order valence-corrected chi connectivity index (χ4v) is 4.31. The molecule has 1 N–H and O–H groups in total. The number of benzene rings is 3. The summed E-state index contributed by atoms with van der Waals surface area (Å²) in [5, 5.41) is 3.60. The van der Waals surface area contributed by atoms with Crippen molar-refractivity contribution >= 4 is 23.3 Å². The van der Waals surface area contributed by atoms with Gasteiger partial charge in [0.25, 0.3) is 0 Å². The molecule has 2 amide bonds. The summed E-state index contributed by atoms with van der Waals surface area (Å²) in [6.45, 7) is 0.528. The van der Waals surface area contributed by atoms with Crippen LogP contribution < -0.4 is 19.5 Å². The van der Waals surface area contributed by atoms with Crippen molar-refractivity contribution < 1.29 is 19.0 Å². The maximum Gasteiger partial charge on any atom is 0.322 e. The molecule has 166 valence electrons. The van der Waals surface area contributed by atoms with Gasteiger partial charge in [-0.3, -0.25) is 0 Å². The molecule has 0 spiro atoms. The first-order valence-electron chi connectivity index (χ1n) is 10.3. The van der Waals surface area contributed by atoms with Crippen molar-refractivity contribution in [2.75, 3.05) is 33.2 Å². The van der Waals surface area contributed by atoms with Gasteiger partial charge in [-0.05, 0) is 65.6 Å². The van der Waals surface area contributed by atoms with Crippen molar-refractivity contribution in [1.29, 1.82) is 0 Å². The molecule has 0 bridgehead atoms. The highest BCUT2D eigenvalue weighted by atomic mass is 35.5. The van der Waals surface area contributed by atoms with Crippen molar-refractivity contribution in [3.63, 3.8) is 0 Å². The Morgan fingerprint density at radius 2 is 1.62 bits per heavy atom. The lowest BCUT2D eigenvalue weighted by molar-refractivity contribution is 0.193. The minimum atomic E-state index is -0.370. The van der Waals surface area contributed by atoms with Gasteiger partial charge in [0, 0.05) is 17.3 Å². The van der Waals surface area contributed by atoms with E-state index in [1.54, 1.807) is 26.2 Å². The van der Waals surface area contributed by atoms with Crippen molar-refractivity contribution in [2.24, 2.45) is 0 Å². The maximum atomic E-state index is 13.4. The topological polar surface area (TPSA) is 60.0 Å². The predicted octanol–water partition coefficient (Wildman–Crippen LogP) is 5.55. The molecule has 6 nitrogen and oxygen atoms in total. The number of halogens is 1. The standard InChI is InChI=1S/C25H25ClN2O4/c1-30-18-10-8-17(9-11-18)27-25(29)28-13-12-16-14-22(31-2)23(32-3)15-20(16)24(28)19-6-4-5-7-21(19)26/h4-11,14-15,24H,12-13H2,1-3H3,(H,27,29). The summed E-state index contributed by atoms with van der Waals surface area (Å²) in [7, 11) is 4.83. The van der Waals surface area contributed by atoms with Crippen LogP contribution in [0.25, 0.3) is 0 Å². The van der Waals surface area contributed by atoms with E-state index < -0.39 is 0 Å². The van der Waals surface area contributed by atoms with E-state index in [-0.39, 0.29) is 12.1 Å². The van der Waals surface area contributed by atoms with Crippen LogP contribution in [0.3, 0.4) is 0 Å². The largest absolute Gasteiger partial charge is 0.497 e. The quantitative estimate of drug-likeness (QED) is 0.551. The summed E-state index contributed by atoms with van der Waals surface area (Å²) in [4.78, 5) is 15.2. The van der Waals surface area contributed by atoms with Crippen LogP contribution in [-0.4, -0.2) is 38.8 Å². The molecule has 3 aromatic rings. The Hall–Kier alpha value is -3.38. The van der Waals surface area contributed by atoms with Gasteiger partial charge in [0.15, 0.2) is 11.5 Å². The first kappa shape index (κ1) is 21.8. The molecule has 7 heteroatoms. The molecule has 0 aliphatic carbocycles. The molecule has 0 saturated heterocycles. The summed E-state index contributed by atoms with van der Waals surface area (Å²) in [5.74, 6) is 2.01. The summed E-state index contributed by atoms with van der Waals surface area (Å²) in [6.07, 6.45) is 0.687. The van der Waals surface area contributed by atoms with E-state index in [4.69, 9.17) is 25.8 Å². The summed E-state index contributed by atoms with van der Waals surface area (Å²) >= 11 is 6.59. The fourth-order valence-electron chi connectivity index (χ4n) is 4.07. The molecule has 1 unspecified atom stereocenters. The number of urea groups is 1. The number of ether oxygens (including phenoxy) is 3. The van der Waals surface area contributed by atoms with E-state index in [1.165, 1.54) is 0 Å². The number of anilines is 1. The number of rotatable bonds is 5. The number of nitrogens with one attached hydrogen (secondary N) is 1. The monoisotopic (exact) mass is 452 g/mol. The Morgan fingerprint density at radius 3 is 2.28 bits per heavy atom. The molecule has 0 fully saturated rings. The van der Waals surface area contributed by atoms with E-state index in [9.17, 15) is 4.79 Å². The molecule has 32 heavy (non-hydrogen) atoms. The van der Waals surface area contributed by atoms with Gasteiger partial charge in [0.2, 0.25) is 0 Å². The molecule has 0 radical (unpaired) electrons. The van der Waals surface area contributed by atoms with Crippen LogP contribution >= 0.6 is 11.6 Å². The Morgan fingerprint density at radius 1 is 0.938 bits per heavy atom. The highest BCUT2D eigenvalue weighted by Crippen LogP contribution is 2.42. The molecule has 1 atom stereocenters. The summed E-state index contributed by atoms with van der Waals surface area (Å²) in [6, 6.07) is 18.2. The zero-order valence-electron chi connectivity index (χ0n) is 18.2. The van der Waals surface area contributed by atoms with E-state index in [0.29, 0.717) is 35.2 Å². The fraction of sp³-hybridized carbons (Fsp3) is 0.240. The third-order valence-corrected chi connectivity index (χ3v) is 6.02. The molecule has 1 aliphatic heterocycles. The SMILES string of the molecule is COc1ccc(NC(=O)N2CCc3cc(OC)c(OC)cc3C2c2ccccc2Cl)cc1. The number of methoxy groups -OCH3 is 3. The van der Waals surface area contributed by atoms with Crippen molar-refractivity contribution in [2.45, 2.75) is 12.5 Å². The van der Waals surface area contributed by atoms with Crippen LogP contribution in [0.15, 0.2) is 60.7 Å². The smallest absolute Gasteiger partial charge is 0.322 e. The molecule has 0 aromatic heterocycles. The van der Waals surface area contributed by atoms with Gasteiger partial charge in [0.1, 0.15) is 5.75 Å². The van der Waals surface area contributed by atoms with Gasteiger partial charge >= 0.3 is 6.03 Å². The number of amides is 2. The van der Waals surface area contributed by atoms with Crippen molar-refractivity contribution in [1.82, 2.24) is 4.90 Å². The molecule has 3 aromatic carbocycles. The van der Waals surface area contributed by atoms with Crippen LogP contribution in [0.2, 0.25) is 5.02 Å². The minimum Gasteiger partial charge on any atom is -0.497 e. The Kier molecular flexibility index (Phi) is 6.42. The van der Waals surface area contributed by atoms with E-state index in [0.717, 1.165) is 22.4 Å². The van der Waals surface area contributed by atoms with Gasteiger partial charge in [-0.1, -0.05) is 29.8 Å². The maximum absolute atomic E-state index is 13.4. The van der Waals surface area contributed by atoms with Crippen molar-refractivity contribution in [3.05, 3.63) is 82.4 Å². The molecule has 0 saturated carbocycles. The molecular weight excluding hydrogens is 428 g/mol. The Balaban J connectivity index is 1.75. The molecule has 1 heterocycles. The lowest BCUT2D eigenvalue weighted by atomic mass is 9.87. The minimum absolute atomic E-state index is 0.208. The van der Waals surface area contributed by atoms with Crippen LogP contribution in [0.1, 0.15) is 22.7 Å². The highest BCUT2D eigenvalue weighted by Gasteiger charge is 2.34. The zero-order chi connectivity index (χ0) is 22.7. The van der Waals surface area contributed by atoms with E-state index in [1.807, 2.05) is 60.7 Å². The summed E-state index contributed by atoms with van der Waals surface area (Å²) < 4.78 is 16.2. The average Bonchev–Trinajstić information content (AvgIpc) is 2.83. The van der Waals surface area contributed by atoms with Gasteiger partial charge in [-0.25, -0.2) is 4.79 Å². The Labute approximate surface area is 192 Å². The molecular formula is C25H25ClN2O4. The molecule has 1 aliphatic rings. The second-order valence-corrected chi connectivity index (χ2v) is 7.84. The number of hydrogen-bond donors (Lipinski definition) is 1. The first-order valence-corrected chi connectivity index (χ1v) is 10.6. The number of carbonyl (C=O) groups is 1. The van der Waals surface area contributed by atoms with Gasteiger partial charge in [-0.15, -0.1) is 0 Å². The van der Waals surface area contributed by atoms with E-state index >= 15 is 0 Å². The van der Waals surface area contributed by atoms with Gasteiger partial charge < -0.3 is 24.4 Å². The summed E-state index contributed by atoms with van der Waals surface area (Å²) in [5.41, 5.74) is 3.60. The van der Waals surface area contributed by atoms with Crippen LogP contribution in [0.5, 0.6) is 17.2 Å². The van der Waals surface area contributed by atoms with Crippen LogP contribution in [0, 0.1) is 0 Å². The predicted molar refractivity (Wildman–Crippen MR) is 125 cm³/mol. The normalized spacial score (nSPS) is 15.0. The van der Waals surface area contributed by atoms with Crippen LogP contribution in [-0.2, 0) is 6.42 Å². The second kappa shape index (κ2) is 9.40. The Bertz CT molecular complexity index is 1120. The second-order valence-electron chi connectivity index (χ2n) is 7.43.